The van der Waals surface area contributed by atoms with Gasteiger partial charge in [-0.25, -0.2) is 4.39 Å². The highest BCUT2D eigenvalue weighted by atomic mass is 19.1. The van der Waals surface area contributed by atoms with Crippen molar-refractivity contribution in [3.8, 4) is 0 Å². The number of likely N-dealkylation sites (tertiary alicyclic amines) is 1. The number of nitrogens with zero attached hydrogens (tertiary/aromatic N) is 2. The Morgan fingerprint density at radius 1 is 1.13 bits per heavy atom. The maximum absolute atomic E-state index is 13.1. The molecule has 0 saturated carbocycles. The number of rotatable bonds is 5. The molecule has 0 unspecified atom stereocenters. The molecule has 2 amide bonds. The number of carbonyl (C=O) groups is 2. The fourth-order valence-electron chi connectivity index (χ4n) is 4.39. The number of pyridine rings is 1. The van der Waals surface area contributed by atoms with Gasteiger partial charge in [0.25, 0.3) is 11.5 Å². The minimum atomic E-state index is -0.460. The van der Waals surface area contributed by atoms with Crippen LogP contribution >= 0.6 is 0 Å². The third-order valence-corrected chi connectivity index (χ3v) is 5.83. The van der Waals surface area contributed by atoms with E-state index in [1.54, 1.807) is 17.7 Å². The summed E-state index contributed by atoms with van der Waals surface area (Å²) in [5.74, 6) is -0.521. The molecule has 7 nitrogen and oxygen atoms in total. The van der Waals surface area contributed by atoms with E-state index in [1.165, 1.54) is 24.3 Å². The zero-order valence-corrected chi connectivity index (χ0v) is 16.8. The highest BCUT2D eigenvalue weighted by Crippen LogP contribution is 2.35. The highest BCUT2D eigenvalue weighted by molar-refractivity contribution is 6.04. The van der Waals surface area contributed by atoms with Gasteiger partial charge in [-0.05, 0) is 48.7 Å². The number of amides is 2. The maximum Gasteiger partial charge on any atom is 0.274 e. The Bertz CT molecular complexity index is 1020. The lowest BCUT2D eigenvalue weighted by Crippen LogP contribution is -2.49. The summed E-state index contributed by atoms with van der Waals surface area (Å²) in [5, 5.41) is 2.64. The number of anilines is 1. The van der Waals surface area contributed by atoms with Crippen LogP contribution in [0.3, 0.4) is 0 Å². The number of nitrogens with one attached hydrogen (secondary N) is 1. The van der Waals surface area contributed by atoms with E-state index < -0.39 is 11.7 Å². The number of benzene rings is 1. The molecule has 2 aliphatic heterocycles. The summed E-state index contributed by atoms with van der Waals surface area (Å²) >= 11 is 0. The molecule has 1 aromatic heterocycles. The second-order valence-corrected chi connectivity index (χ2v) is 7.89. The van der Waals surface area contributed by atoms with Crippen molar-refractivity contribution in [3.05, 3.63) is 63.8 Å². The van der Waals surface area contributed by atoms with Crippen LogP contribution in [0.15, 0.2) is 41.2 Å². The van der Waals surface area contributed by atoms with Crippen LogP contribution in [0.25, 0.3) is 0 Å². The molecular formula is C22H24FN3O4. The summed E-state index contributed by atoms with van der Waals surface area (Å²) in [7, 11) is 1.58. The Morgan fingerprint density at radius 3 is 2.63 bits per heavy atom. The number of halogens is 1. The van der Waals surface area contributed by atoms with Crippen molar-refractivity contribution >= 4 is 17.5 Å². The fourth-order valence-corrected chi connectivity index (χ4v) is 4.39. The highest BCUT2D eigenvalue weighted by Gasteiger charge is 2.36. The van der Waals surface area contributed by atoms with Crippen molar-refractivity contribution in [3.63, 3.8) is 0 Å². The predicted molar refractivity (Wildman–Crippen MR) is 109 cm³/mol. The van der Waals surface area contributed by atoms with Gasteiger partial charge < -0.3 is 19.5 Å². The molecule has 158 valence electrons. The van der Waals surface area contributed by atoms with Crippen molar-refractivity contribution in [2.45, 2.75) is 25.3 Å². The molecule has 2 atom stereocenters. The first kappa shape index (κ1) is 20.3. The van der Waals surface area contributed by atoms with Crippen LogP contribution in [0.2, 0.25) is 0 Å². The SMILES string of the molecule is COCCC(=O)N1C[C@H]2C[C@H](C1)c1ccc(NC(=O)c3ccc(F)cc3)c(=O)n1C2. The molecule has 2 aliphatic rings. The number of aromatic nitrogens is 1. The van der Waals surface area contributed by atoms with Crippen LogP contribution in [0.1, 0.15) is 34.8 Å². The fraction of sp³-hybridized carbons (Fsp3) is 0.409. The molecule has 2 aromatic rings. The minimum absolute atomic E-state index is 0.0746. The summed E-state index contributed by atoms with van der Waals surface area (Å²) in [6, 6.07) is 8.62. The van der Waals surface area contributed by atoms with E-state index in [9.17, 15) is 18.8 Å². The maximum atomic E-state index is 13.1. The lowest BCUT2D eigenvalue weighted by atomic mass is 9.83. The van der Waals surface area contributed by atoms with Crippen LogP contribution in [-0.4, -0.2) is 48.1 Å². The van der Waals surface area contributed by atoms with Crippen molar-refractivity contribution < 1.29 is 18.7 Å². The molecule has 0 radical (unpaired) electrons. The van der Waals surface area contributed by atoms with E-state index in [0.717, 1.165) is 12.1 Å². The summed E-state index contributed by atoms with van der Waals surface area (Å²) in [4.78, 5) is 39.7. The van der Waals surface area contributed by atoms with Gasteiger partial charge in [0.1, 0.15) is 11.5 Å². The van der Waals surface area contributed by atoms with Gasteiger partial charge in [0, 0.05) is 43.9 Å². The van der Waals surface area contributed by atoms with E-state index in [2.05, 4.69) is 5.32 Å². The zero-order chi connectivity index (χ0) is 21.3. The van der Waals surface area contributed by atoms with Crippen LogP contribution in [0.4, 0.5) is 10.1 Å². The number of fused-ring (bicyclic) bond motifs is 4. The number of methoxy groups -OCH3 is 1. The zero-order valence-electron chi connectivity index (χ0n) is 16.8. The largest absolute Gasteiger partial charge is 0.384 e. The molecule has 8 heteroatoms. The smallest absolute Gasteiger partial charge is 0.274 e. The molecule has 2 bridgehead atoms. The molecule has 30 heavy (non-hydrogen) atoms. The second-order valence-electron chi connectivity index (χ2n) is 7.89. The lowest BCUT2D eigenvalue weighted by molar-refractivity contribution is -0.134. The lowest BCUT2D eigenvalue weighted by Gasteiger charge is -2.43. The molecule has 0 aliphatic carbocycles. The minimum Gasteiger partial charge on any atom is -0.384 e. The number of hydrogen-bond donors (Lipinski definition) is 1. The van der Waals surface area contributed by atoms with E-state index in [1.807, 2.05) is 11.0 Å². The van der Waals surface area contributed by atoms with E-state index >= 15 is 0 Å². The van der Waals surface area contributed by atoms with Crippen LogP contribution in [-0.2, 0) is 16.1 Å². The van der Waals surface area contributed by atoms with Crippen LogP contribution in [0, 0.1) is 11.7 Å². The Morgan fingerprint density at radius 2 is 1.90 bits per heavy atom. The first-order valence-electron chi connectivity index (χ1n) is 10.0. The first-order chi connectivity index (χ1) is 14.5. The van der Waals surface area contributed by atoms with Gasteiger partial charge in [0.15, 0.2) is 0 Å². The Balaban J connectivity index is 1.53. The number of carbonyl (C=O) groups excluding carboxylic acids is 2. The van der Waals surface area contributed by atoms with Gasteiger partial charge >= 0.3 is 0 Å². The van der Waals surface area contributed by atoms with Gasteiger partial charge in [0.2, 0.25) is 5.91 Å². The van der Waals surface area contributed by atoms with Crippen LogP contribution < -0.4 is 10.9 Å². The normalized spacial score (nSPS) is 19.9. The Kier molecular flexibility index (Phi) is 5.67. The number of hydrogen-bond acceptors (Lipinski definition) is 4. The van der Waals surface area contributed by atoms with Crippen molar-refractivity contribution in [1.29, 1.82) is 0 Å². The second kappa shape index (κ2) is 8.39. The molecular weight excluding hydrogens is 389 g/mol. The van der Waals surface area contributed by atoms with Gasteiger partial charge in [0.05, 0.1) is 13.0 Å². The standard InChI is InChI=1S/C22H24FN3O4/c1-30-9-8-20(27)25-11-14-10-16(13-25)19-7-6-18(22(29)26(19)12-14)24-21(28)15-2-4-17(23)5-3-15/h2-7,14,16H,8-13H2,1H3,(H,24,28)/t14-,16-/m1/s1. The third-order valence-electron chi connectivity index (χ3n) is 5.83. The van der Waals surface area contributed by atoms with Crippen molar-refractivity contribution in [1.82, 2.24) is 9.47 Å². The summed E-state index contributed by atoms with van der Waals surface area (Å²) in [6.45, 7) is 2.12. The predicted octanol–water partition coefficient (Wildman–Crippen LogP) is 2.22. The quantitative estimate of drug-likeness (QED) is 0.815. The summed E-state index contributed by atoms with van der Waals surface area (Å²) in [5.41, 5.74) is 1.11. The van der Waals surface area contributed by atoms with E-state index in [4.69, 9.17) is 4.74 Å². The molecule has 1 fully saturated rings. The van der Waals surface area contributed by atoms with Gasteiger partial charge in [-0.1, -0.05) is 0 Å². The van der Waals surface area contributed by atoms with Gasteiger partial charge in [-0.15, -0.1) is 0 Å². The van der Waals surface area contributed by atoms with Crippen LogP contribution in [0.5, 0.6) is 0 Å². The Labute approximate surface area is 173 Å². The molecule has 4 rings (SSSR count). The van der Waals surface area contributed by atoms with Crippen molar-refractivity contribution in [2.75, 3.05) is 32.1 Å². The first-order valence-corrected chi connectivity index (χ1v) is 10.0. The average Bonchev–Trinajstić information content (AvgIpc) is 2.74. The van der Waals surface area contributed by atoms with Gasteiger partial charge in [-0.2, -0.15) is 0 Å². The molecule has 0 spiro atoms. The molecule has 1 saturated heterocycles. The molecule has 1 aromatic carbocycles. The summed E-state index contributed by atoms with van der Waals surface area (Å²) in [6.07, 6.45) is 1.30. The molecule has 3 heterocycles. The van der Waals surface area contributed by atoms with Crippen molar-refractivity contribution in [2.24, 2.45) is 5.92 Å². The number of piperidine rings is 1. The third kappa shape index (κ3) is 4.00. The Hall–Kier alpha value is -3.00. The monoisotopic (exact) mass is 413 g/mol. The van der Waals surface area contributed by atoms with Gasteiger partial charge in [-0.3, -0.25) is 14.4 Å². The van der Waals surface area contributed by atoms with E-state index in [0.29, 0.717) is 32.7 Å². The average molecular weight is 413 g/mol. The molecule has 1 N–H and O–H groups in total. The summed E-state index contributed by atoms with van der Waals surface area (Å²) < 4.78 is 19.8. The topological polar surface area (TPSA) is 80.6 Å². The number of ether oxygens (including phenoxy) is 1. The van der Waals surface area contributed by atoms with E-state index in [-0.39, 0.29) is 34.6 Å².